The lowest BCUT2D eigenvalue weighted by Crippen LogP contribution is -2.43. The Morgan fingerprint density at radius 1 is 1.07 bits per heavy atom. The lowest BCUT2D eigenvalue weighted by Gasteiger charge is -2.33. The standard InChI is InChI=1S/C13H27NO/c1-3-9-13(15)12(4-2)14-10-7-5-6-8-11-14/h12-13,15H,3-11H2,1-2H3. The SMILES string of the molecule is CCCC(O)C(CC)N1CCCCCC1. The third-order valence-electron chi connectivity index (χ3n) is 3.56. The van der Waals surface area contributed by atoms with Crippen molar-refractivity contribution in [1.29, 1.82) is 0 Å². The highest BCUT2D eigenvalue weighted by Gasteiger charge is 2.24. The van der Waals surface area contributed by atoms with Crippen molar-refractivity contribution in [2.75, 3.05) is 13.1 Å². The van der Waals surface area contributed by atoms with E-state index in [9.17, 15) is 5.11 Å². The Kier molecular flexibility index (Phi) is 6.26. The van der Waals surface area contributed by atoms with Crippen LogP contribution in [0.15, 0.2) is 0 Å². The first-order chi connectivity index (χ1) is 7.29. The zero-order chi connectivity index (χ0) is 11.1. The molecule has 1 rings (SSSR count). The number of aliphatic hydroxyl groups is 1. The molecule has 1 heterocycles. The number of hydrogen-bond acceptors (Lipinski definition) is 2. The van der Waals surface area contributed by atoms with Gasteiger partial charge in [0.1, 0.15) is 0 Å². The third-order valence-corrected chi connectivity index (χ3v) is 3.56. The molecular formula is C13H27NO. The van der Waals surface area contributed by atoms with E-state index in [0.717, 1.165) is 19.3 Å². The lowest BCUT2D eigenvalue weighted by molar-refractivity contribution is 0.0422. The molecule has 1 aliphatic rings. The molecule has 1 fully saturated rings. The van der Waals surface area contributed by atoms with Gasteiger partial charge in [-0.05, 0) is 38.8 Å². The number of hydrogen-bond donors (Lipinski definition) is 1. The summed E-state index contributed by atoms with van der Waals surface area (Å²) in [6, 6.07) is 0.406. The van der Waals surface area contributed by atoms with Gasteiger partial charge in [-0.15, -0.1) is 0 Å². The topological polar surface area (TPSA) is 23.5 Å². The molecule has 2 unspecified atom stereocenters. The predicted molar refractivity (Wildman–Crippen MR) is 65.0 cm³/mol. The first kappa shape index (κ1) is 13.0. The quantitative estimate of drug-likeness (QED) is 0.759. The summed E-state index contributed by atoms with van der Waals surface area (Å²) < 4.78 is 0. The van der Waals surface area contributed by atoms with Gasteiger partial charge in [0, 0.05) is 6.04 Å². The van der Waals surface area contributed by atoms with Crippen LogP contribution in [0.5, 0.6) is 0 Å². The van der Waals surface area contributed by atoms with Crippen LogP contribution in [-0.4, -0.2) is 35.2 Å². The van der Waals surface area contributed by atoms with Crippen molar-refractivity contribution in [2.24, 2.45) is 0 Å². The van der Waals surface area contributed by atoms with E-state index in [0.29, 0.717) is 6.04 Å². The van der Waals surface area contributed by atoms with E-state index < -0.39 is 0 Å². The zero-order valence-electron chi connectivity index (χ0n) is 10.4. The minimum absolute atomic E-state index is 0.113. The summed E-state index contributed by atoms with van der Waals surface area (Å²) in [4.78, 5) is 2.52. The monoisotopic (exact) mass is 213 g/mol. The highest BCUT2D eigenvalue weighted by Crippen LogP contribution is 2.18. The van der Waals surface area contributed by atoms with Gasteiger partial charge in [0.05, 0.1) is 6.10 Å². The van der Waals surface area contributed by atoms with E-state index in [-0.39, 0.29) is 6.10 Å². The lowest BCUT2D eigenvalue weighted by atomic mass is 10.0. The van der Waals surface area contributed by atoms with Crippen LogP contribution >= 0.6 is 0 Å². The molecular weight excluding hydrogens is 186 g/mol. The Balaban J connectivity index is 2.47. The average molecular weight is 213 g/mol. The molecule has 0 bridgehead atoms. The van der Waals surface area contributed by atoms with Crippen LogP contribution in [0, 0.1) is 0 Å². The molecule has 2 nitrogen and oxygen atoms in total. The molecule has 0 amide bonds. The van der Waals surface area contributed by atoms with Crippen molar-refractivity contribution in [3.63, 3.8) is 0 Å². The molecule has 2 heteroatoms. The summed E-state index contributed by atoms with van der Waals surface area (Å²) in [6.07, 6.45) is 8.39. The van der Waals surface area contributed by atoms with Crippen molar-refractivity contribution in [3.8, 4) is 0 Å². The van der Waals surface area contributed by atoms with Gasteiger partial charge in [0.15, 0.2) is 0 Å². The number of aliphatic hydroxyl groups excluding tert-OH is 1. The van der Waals surface area contributed by atoms with Crippen molar-refractivity contribution in [1.82, 2.24) is 4.90 Å². The van der Waals surface area contributed by atoms with Crippen molar-refractivity contribution in [2.45, 2.75) is 70.9 Å². The van der Waals surface area contributed by atoms with Gasteiger partial charge >= 0.3 is 0 Å². The van der Waals surface area contributed by atoms with Gasteiger partial charge in [-0.25, -0.2) is 0 Å². The van der Waals surface area contributed by atoms with E-state index >= 15 is 0 Å². The normalized spacial score (nSPS) is 23.4. The van der Waals surface area contributed by atoms with Crippen LogP contribution in [0.1, 0.15) is 58.8 Å². The van der Waals surface area contributed by atoms with Crippen LogP contribution in [0.4, 0.5) is 0 Å². The van der Waals surface area contributed by atoms with Gasteiger partial charge < -0.3 is 5.11 Å². The molecule has 0 radical (unpaired) electrons. The Morgan fingerprint density at radius 2 is 1.67 bits per heavy atom. The summed E-state index contributed by atoms with van der Waals surface area (Å²) in [7, 11) is 0. The number of nitrogens with zero attached hydrogens (tertiary/aromatic N) is 1. The minimum Gasteiger partial charge on any atom is -0.391 e. The largest absolute Gasteiger partial charge is 0.391 e. The molecule has 0 aromatic rings. The van der Waals surface area contributed by atoms with Crippen molar-refractivity contribution in [3.05, 3.63) is 0 Å². The van der Waals surface area contributed by atoms with Crippen LogP contribution in [0.3, 0.4) is 0 Å². The molecule has 90 valence electrons. The number of likely N-dealkylation sites (tertiary alicyclic amines) is 1. The maximum absolute atomic E-state index is 10.1. The second-order valence-corrected chi connectivity index (χ2v) is 4.78. The second-order valence-electron chi connectivity index (χ2n) is 4.78. The Hall–Kier alpha value is -0.0800. The zero-order valence-corrected chi connectivity index (χ0v) is 10.4. The van der Waals surface area contributed by atoms with Crippen LogP contribution in [0.25, 0.3) is 0 Å². The second kappa shape index (κ2) is 7.24. The first-order valence-electron chi connectivity index (χ1n) is 6.71. The summed E-state index contributed by atoms with van der Waals surface area (Å²) in [6.45, 7) is 6.74. The Bertz CT molecular complexity index is 153. The number of rotatable bonds is 5. The van der Waals surface area contributed by atoms with E-state index in [4.69, 9.17) is 0 Å². The highest BCUT2D eigenvalue weighted by atomic mass is 16.3. The summed E-state index contributed by atoms with van der Waals surface area (Å²) in [5.74, 6) is 0. The molecule has 0 saturated carbocycles. The van der Waals surface area contributed by atoms with Crippen LogP contribution in [-0.2, 0) is 0 Å². The van der Waals surface area contributed by atoms with Gasteiger partial charge in [0.2, 0.25) is 0 Å². The molecule has 1 N–H and O–H groups in total. The molecule has 0 aliphatic carbocycles. The van der Waals surface area contributed by atoms with E-state index in [2.05, 4.69) is 18.7 Å². The Morgan fingerprint density at radius 3 is 2.13 bits per heavy atom. The van der Waals surface area contributed by atoms with Gasteiger partial charge in [-0.1, -0.05) is 33.1 Å². The third kappa shape index (κ3) is 4.12. The van der Waals surface area contributed by atoms with Gasteiger partial charge in [0.25, 0.3) is 0 Å². The van der Waals surface area contributed by atoms with E-state index in [1.807, 2.05) is 0 Å². The maximum atomic E-state index is 10.1. The maximum Gasteiger partial charge on any atom is 0.0695 e. The van der Waals surface area contributed by atoms with Gasteiger partial charge in [-0.3, -0.25) is 4.90 Å². The Labute approximate surface area is 94.7 Å². The van der Waals surface area contributed by atoms with E-state index in [1.54, 1.807) is 0 Å². The molecule has 1 aliphatic heterocycles. The molecule has 0 aromatic heterocycles. The fourth-order valence-corrected chi connectivity index (χ4v) is 2.69. The summed E-state index contributed by atoms with van der Waals surface area (Å²) in [5.41, 5.74) is 0. The molecule has 0 spiro atoms. The van der Waals surface area contributed by atoms with Gasteiger partial charge in [-0.2, -0.15) is 0 Å². The highest BCUT2D eigenvalue weighted by molar-refractivity contribution is 4.79. The molecule has 15 heavy (non-hydrogen) atoms. The molecule has 2 atom stereocenters. The molecule has 1 saturated heterocycles. The summed E-state index contributed by atoms with van der Waals surface area (Å²) in [5, 5.41) is 10.1. The summed E-state index contributed by atoms with van der Waals surface area (Å²) >= 11 is 0. The predicted octanol–water partition coefficient (Wildman–Crippen LogP) is 2.80. The van der Waals surface area contributed by atoms with E-state index in [1.165, 1.54) is 38.8 Å². The van der Waals surface area contributed by atoms with Crippen molar-refractivity contribution >= 4 is 0 Å². The molecule has 0 aromatic carbocycles. The van der Waals surface area contributed by atoms with Crippen molar-refractivity contribution < 1.29 is 5.11 Å². The minimum atomic E-state index is -0.113. The smallest absolute Gasteiger partial charge is 0.0695 e. The van der Waals surface area contributed by atoms with Crippen LogP contribution in [0.2, 0.25) is 0 Å². The van der Waals surface area contributed by atoms with Crippen LogP contribution < -0.4 is 0 Å². The fourth-order valence-electron chi connectivity index (χ4n) is 2.69. The first-order valence-corrected chi connectivity index (χ1v) is 6.71. The average Bonchev–Trinajstić information content (AvgIpc) is 2.48. The fraction of sp³-hybridized carbons (Fsp3) is 1.00.